The highest BCUT2D eigenvalue weighted by molar-refractivity contribution is 6.05. The molecule has 0 spiro atoms. The summed E-state index contributed by atoms with van der Waals surface area (Å²) in [4.78, 5) is 26.7. The van der Waals surface area contributed by atoms with E-state index in [0.717, 1.165) is 5.56 Å². The van der Waals surface area contributed by atoms with Crippen LogP contribution in [-0.2, 0) is 11.2 Å². The van der Waals surface area contributed by atoms with Crippen LogP contribution in [0, 0.1) is 0 Å². The number of carbonyl (C=O) groups excluding carboxylic acids is 2. The molecule has 0 unspecified atom stereocenters. The fourth-order valence-corrected chi connectivity index (χ4v) is 3.62. The number of rotatable bonds is 10. The number of carbonyl (C=O) groups is 2. The molecule has 3 aromatic carbocycles. The van der Waals surface area contributed by atoms with Crippen molar-refractivity contribution in [3.8, 4) is 0 Å². The highest BCUT2D eigenvalue weighted by Gasteiger charge is 2.23. The van der Waals surface area contributed by atoms with Gasteiger partial charge in [0.25, 0.3) is 5.91 Å². The molecule has 10 N–H and O–H groups in total. The van der Waals surface area contributed by atoms with Gasteiger partial charge in [0.1, 0.15) is 6.04 Å². The van der Waals surface area contributed by atoms with Gasteiger partial charge in [0, 0.05) is 17.7 Å². The number of nitrogens with two attached hydrogens (primary N) is 4. The lowest BCUT2D eigenvalue weighted by molar-refractivity contribution is -0.118. The molecule has 3 aromatic rings. The van der Waals surface area contributed by atoms with E-state index >= 15 is 0 Å². The Morgan fingerprint density at radius 3 is 1.85 bits per heavy atom. The van der Waals surface area contributed by atoms with Crippen molar-refractivity contribution in [2.75, 3.05) is 5.32 Å². The van der Waals surface area contributed by atoms with Crippen LogP contribution < -0.4 is 33.6 Å². The molecule has 1 atom stereocenters. The van der Waals surface area contributed by atoms with Crippen molar-refractivity contribution in [3.63, 3.8) is 0 Å². The molecular formula is C28H32N10O2. The van der Waals surface area contributed by atoms with E-state index in [-0.39, 0.29) is 18.3 Å². The third kappa shape index (κ3) is 8.80. The topological polar surface area (TPSA) is 212 Å². The zero-order chi connectivity index (χ0) is 29.1. The number of guanidine groups is 2. The normalized spacial score (nSPS) is 12.2. The maximum atomic E-state index is 13.4. The van der Waals surface area contributed by atoms with Gasteiger partial charge in [0.2, 0.25) is 17.8 Å². The van der Waals surface area contributed by atoms with Crippen LogP contribution in [0.25, 0.3) is 0 Å². The Morgan fingerprint density at radius 1 is 0.700 bits per heavy atom. The highest BCUT2D eigenvalue weighted by atomic mass is 16.2. The molecule has 0 bridgehead atoms. The second kappa shape index (κ2) is 13.9. The third-order valence-electron chi connectivity index (χ3n) is 5.63. The van der Waals surface area contributed by atoms with E-state index in [1.54, 1.807) is 56.3 Å². The lowest BCUT2D eigenvalue weighted by Gasteiger charge is -2.19. The van der Waals surface area contributed by atoms with Gasteiger partial charge < -0.3 is 33.6 Å². The monoisotopic (exact) mass is 540 g/mol. The van der Waals surface area contributed by atoms with Gasteiger partial charge in [-0.15, -0.1) is 10.2 Å². The number of benzene rings is 3. The van der Waals surface area contributed by atoms with Gasteiger partial charge in [-0.2, -0.15) is 10.2 Å². The van der Waals surface area contributed by atoms with Crippen LogP contribution in [0.2, 0.25) is 0 Å². The van der Waals surface area contributed by atoms with Crippen LogP contribution in [0.4, 0.5) is 5.69 Å². The van der Waals surface area contributed by atoms with E-state index in [1.165, 1.54) is 0 Å². The number of nitrogens with one attached hydrogen (secondary N) is 2. The third-order valence-corrected chi connectivity index (χ3v) is 5.63. The number of hydrogen-bond donors (Lipinski definition) is 6. The number of hydrogen-bond acceptors (Lipinski definition) is 6. The first-order valence-electron chi connectivity index (χ1n) is 12.2. The zero-order valence-corrected chi connectivity index (χ0v) is 22.2. The fraction of sp³-hybridized carbons (Fsp3) is 0.143. The first-order valence-corrected chi connectivity index (χ1v) is 12.2. The number of amides is 2. The van der Waals surface area contributed by atoms with E-state index in [9.17, 15) is 9.59 Å². The molecule has 0 saturated heterocycles. The molecule has 0 heterocycles. The molecule has 0 aliphatic carbocycles. The van der Waals surface area contributed by atoms with Crippen LogP contribution in [0.1, 0.15) is 40.9 Å². The van der Waals surface area contributed by atoms with Gasteiger partial charge in [0.05, 0.1) is 11.4 Å². The van der Waals surface area contributed by atoms with Gasteiger partial charge in [-0.1, -0.05) is 54.6 Å². The Kier molecular flexibility index (Phi) is 10.1. The molecule has 3 rings (SSSR count). The van der Waals surface area contributed by atoms with Crippen LogP contribution in [0.15, 0.2) is 99.3 Å². The summed E-state index contributed by atoms with van der Waals surface area (Å²) in [6.45, 7) is 3.46. The van der Waals surface area contributed by atoms with E-state index in [1.807, 2.05) is 36.4 Å². The van der Waals surface area contributed by atoms with Crippen molar-refractivity contribution >= 4 is 40.8 Å². The molecule has 12 heteroatoms. The van der Waals surface area contributed by atoms with Crippen LogP contribution in [0.5, 0.6) is 0 Å². The van der Waals surface area contributed by atoms with Gasteiger partial charge in [-0.3, -0.25) is 9.59 Å². The Bertz CT molecular complexity index is 1470. The molecule has 0 saturated carbocycles. The summed E-state index contributed by atoms with van der Waals surface area (Å²) < 4.78 is 0. The summed E-state index contributed by atoms with van der Waals surface area (Å²) >= 11 is 0. The smallest absolute Gasteiger partial charge is 0.251 e. The Balaban J connectivity index is 1.84. The Morgan fingerprint density at radius 2 is 1.25 bits per heavy atom. The molecule has 2 amide bonds. The largest absolute Gasteiger partial charge is 0.369 e. The molecule has 0 aliphatic rings. The van der Waals surface area contributed by atoms with E-state index in [0.29, 0.717) is 33.8 Å². The lowest BCUT2D eigenvalue weighted by Crippen LogP contribution is -2.45. The van der Waals surface area contributed by atoms with Gasteiger partial charge in [0.15, 0.2) is 0 Å². The van der Waals surface area contributed by atoms with Gasteiger partial charge in [-0.25, -0.2) is 0 Å². The van der Waals surface area contributed by atoms with Crippen molar-refractivity contribution in [2.45, 2.75) is 26.3 Å². The summed E-state index contributed by atoms with van der Waals surface area (Å²) in [5.41, 5.74) is 25.6. The standard InChI is InChI=1S/C28H32N10O2/c1-17(35-37-27(29)30)20-10-6-12-22(15-20)25(39)34-24(14-19-8-4-3-5-9-19)26(40)33-23-13-7-11-21(16-23)18(2)36-38-28(31)32/h3-13,15-16,24H,14H2,1-2H3,(H,33,40)(H,34,39)(H4,29,30,37)(H4,31,32,38)/b35-17+,36-18+/t24-/m0/s1. The SMILES string of the molecule is C/C(=N\N=C(N)N)c1cccc(NC(=O)[C@H](Cc2ccccc2)NC(=O)c2cccc(/C(C)=N/N=C(N)N)c2)c1. The zero-order valence-electron chi connectivity index (χ0n) is 22.2. The van der Waals surface area contributed by atoms with Gasteiger partial charge in [-0.05, 0) is 54.8 Å². The minimum Gasteiger partial charge on any atom is -0.369 e. The molecule has 206 valence electrons. The summed E-state index contributed by atoms with van der Waals surface area (Å²) in [7, 11) is 0. The van der Waals surface area contributed by atoms with Crippen molar-refractivity contribution in [1.29, 1.82) is 0 Å². The minimum atomic E-state index is -0.880. The molecular weight excluding hydrogens is 508 g/mol. The van der Waals surface area contributed by atoms with Crippen LogP contribution in [0.3, 0.4) is 0 Å². The Hall–Kier alpha value is -5.52. The summed E-state index contributed by atoms with van der Waals surface area (Å²) in [5, 5.41) is 21.0. The predicted molar refractivity (Wildman–Crippen MR) is 159 cm³/mol. The molecule has 0 radical (unpaired) electrons. The van der Waals surface area contributed by atoms with E-state index in [4.69, 9.17) is 22.9 Å². The second-order valence-corrected chi connectivity index (χ2v) is 8.79. The predicted octanol–water partition coefficient (Wildman–Crippen LogP) is 1.66. The molecule has 40 heavy (non-hydrogen) atoms. The maximum absolute atomic E-state index is 13.4. The first kappa shape index (κ1) is 29.0. The summed E-state index contributed by atoms with van der Waals surface area (Å²) in [5.74, 6) is -1.16. The van der Waals surface area contributed by atoms with E-state index < -0.39 is 17.9 Å². The average Bonchev–Trinajstić information content (AvgIpc) is 2.94. The van der Waals surface area contributed by atoms with Crippen LogP contribution >= 0.6 is 0 Å². The van der Waals surface area contributed by atoms with Gasteiger partial charge >= 0.3 is 0 Å². The minimum absolute atomic E-state index is 0.162. The van der Waals surface area contributed by atoms with E-state index in [2.05, 4.69) is 31.0 Å². The molecule has 0 fully saturated rings. The second-order valence-electron chi connectivity index (χ2n) is 8.79. The molecule has 0 aromatic heterocycles. The summed E-state index contributed by atoms with van der Waals surface area (Å²) in [6, 6.07) is 22.4. The number of anilines is 1. The maximum Gasteiger partial charge on any atom is 0.251 e. The molecule has 0 aliphatic heterocycles. The quantitative estimate of drug-likeness (QED) is 0.128. The first-order chi connectivity index (χ1) is 19.1. The highest BCUT2D eigenvalue weighted by Crippen LogP contribution is 2.14. The van der Waals surface area contributed by atoms with Crippen molar-refractivity contribution in [1.82, 2.24) is 5.32 Å². The van der Waals surface area contributed by atoms with Crippen molar-refractivity contribution in [3.05, 3.63) is 101 Å². The summed E-state index contributed by atoms with van der Waals surface area (Å²) in [6.07, 6.45) is 0.272. The van der Waals surface area contributed by atoms with Crippen molar-refractivity contribution in [2.24, 2.45) is 43.3 Å². The number of nitrogens with zero attached hydrogens (tertiary/aromatic N) is 4. The van der Waals surface area contributed by atoms with Crippen molar-refractivity contribution < 1.29 is 9.59 Å². The average molecular weight is 541 g/mol. The van der Waals surface area contributed by atoms with Crippen LogP contribution in [-0.4, -0.2) is 41.2 Å². The lowest BCUT2D eigenvalue weighted by atomic mass is 10.0. The molecule has 12 nitrogen and oxygen atoms in total. The Labute approximate surface area is 231 Å². The fourth-order valence-electron chi connectivity index (χ4n) is 3.62.